The van der Waals surface area contributed by atoms with Crippen molar-refractivity contribution in [1.29, 1.82) is 0 Å². The van der Waals surface area contributed by atoms with Gasteiger partial charge < -0.3 is 13.3 Å². The lowest BCUT2D eigenvalue weighted by atomic mass is 10.1. The second kappa shape index (κ2) is 8.65. The van der Waals surface area contributed by atoms with E-state index in [0.29, 0.717) is 0 Å². The van der Waals surface area contributed by atoms with Crippen molar-refractivity contribution in [3.63, 3.8) is 0 Å². The minimum absolute atomic E-state index is 0.0483. The normalized spacial score (nSPS) is 11.0. The maximum Gasteiger partial charge on any atom is 0.705 e. The van der Waals surface area contributed by atoms with Gasteiger partial charge in [0.2, 0.25) is 0 Å². The Balaban J connectivity index is 2.91. The van der Waals surface area contributed by atoms with E-state index in [-0.39, 0.29) is 24.4 Å². The highest BCUT2D eigenvalue weighted by atomic mass is 28.4. The molecular weight excluding hydrogens is 361 g/mol. The van der Waals surface area contributed by atoms with Gasteiger partial charge in [-0.15, -0.1) is 0 Å². The lowest BCUT2D eigenvalue weighted by molar-refractivity contribution is -0.147. The average Bonchev–Trinajstić information content (AvgIpc) is 2.42. The van der Waals surface area contributed by atoms with E-state index >= 15 is 0 Å². The predicted molar refractivity (Wildman–Crippen MR) is 80.5 cm³/mol. The summed E-state index contributed by atoms with van der Waals surface area (Å²) in [6, 6.07) is 1.50. The van der Waals surface area contributed by atoms with Gasteiger partial charge in [-0.2, -0.15) is 0 Å². The molecule has 0 amide bonds. The zero-order valence-corrected chi connectivity index (χ0v) is 14.9. The van der Waals surface area contributed by atoms with Crippen LogP contribution < -0.4 is 0 Å². The molecule has 0 heterocycles. The van der Waals surface area contributed by atoms with Crippen LogP contribution in [0.15, 0.2) is 12.1 Å². The standard InChI is InChI=1S/C15H17F3O6Si/c1-9(19)22-25(23-10(2)20,24-11(3)21)6-4-5-12-7-13(16)15(18)14(17)8-12/h7-8H,4-6H2,1-3H3. The first-order chi connectivity index (χ1) is 11.5. The average molecular weight is 378 g/mol. The fourth-order valence-corrected chi connectivity index (χ4v) is 4.49. The van der Waals surface area contributed by atoms with Gasteiger partial charge in [0.05, 0.1) is 6.04 Å². The van der Waals surface area contributed by atoms with E-state index < -0.39 is 44.2 Å². The van der Waals surface area contributed by atoms with Crippen molar-refractivity contribution >= 4 is 26.7 Å². The molecule has 0 bridgehead atoms. The molecule has 0 radical (unpaired) electrons. The number of hydrogen-bond acceptors (Lipinski definition) is 6. The van der Waals surface area contributed by atoms with Gasteiger partial charge >= 0.3 is 8.80 Å². The number of carbonyl (C=O) groups excluding carboxylic acids is 3. The molecule has 0 aliphatic rings. The van der Waals surface area contributed by atoms with Gasteiger partial charge in [0.1, 0.15) is 0 Å². The molecule has 10 heteroatoms. The summed E-state index contributed by atoms with van der Waals surface area (Å²) in [5.74, 6) is -6.68. The number of hydrogen-bond donors (Lipinski definition) is 0. The number of benzene rings is 1. The number of halogens is 3. The Bertz CT molecular complexity index is 615. The molecule has 0 aliphatic heterocycles. The van der Waals surface area contributed by atoms with Crippen molar-refractivity contribution < 1.29 is 40.8 Å². The lowest BCUT2D eigenvalue weighted by Crippen LogP contribution is -2.49. The summed E-state index contributed by atoms with van der Waals surface area (Å²) in [6.07, 6.45) is 0.150. The Labute approximate surface area is 143 Å². The Morgan fingerprint density at radius 2 is 1.28 bits per heavy atom. The minimum atomic E-state index is -3.99. The largest absolute Gasteiger partial charge is 0.705 e. The van der Waals surface area contributed by atoms with Crippen LogP contribution in [0.3, 0.4) is 0 Å². The van der Waals surface area contributed by atoms with Crippen molar-refractivity contribution in [2.45, 2.75) is 39.7 Å². The molecule has 0 aromatic heterocycles. The van der Waals surface area contributed by atoms with Gasteiger partial charge in [-0.3, -0.25) is 14.4 Å². The van der Waals surface area contributed by atoms with Crippen molar-refractivity contribution in [2.75, 3.05) is 0 Å². The van der Waals surface area contributed by atoms with Gasteiger partial charge in [-0.05, 0) is 30.5 Å². The molecule has 0 spiro atoms. The molecule has 138 valence electrons. The van der Waals surface area contributed by atoms with E-state index in [1.807, 2.05) is 0 Å². The van der Waals surface area contributed by atoms with Gasteiger partial charge in [0, 0.05) is 20.8 Å². The zero-order valence-electron chi connectivity index (χ0n) is 13.9. The van der Waals surface area contributed by atoms with Crippen LogP contribution in [0.4, 0.5) is 13.2 Å². The van der Waals surface area contributed by atoms with Crippen LogP contribution in [0.2, 0.25) is 6.04 Å². The monoisotopic (exact) mass is 378 g/mol. The van der Waals surface area contributed by atoms with Crippen LogP contribution in [0.1, 0.15) is 32.8 Å². The van der Waals surface area contributed by atoms with Crippen LogP contribution in [0.5, 0.6) is 0 Å². The van der Waals surface area contributed by atoms with E-state index in [9.17, 15) is 27.6 Å². The Morgan fingerprint density at radius 3 is 1.64 bits per heavy atom. The minimum Gasteiger partial charge on any atom is -0.455 e. The summed E-state index contributed by atoms with van der Waals surface area (Å²) in [6.45, 7) is 3.17. The third kappa shape index (κ3) is 6.57. The van der Waals surface area contributed by atoms with Crippen molar-refractivity contribution in [2.24, 2.45) is 0 Å². The van der Waals surface area contributed by atoms with Crippen LogP contribution in [0, 0.1) is 17.5 Å². The third-order valence-electron chi connectivity index (χ3n) is 2.89. The molecule has 0 saturated carbocycles. The van der Waals surface area contributed by atoms with E-state index in [1.165, 1.54) is 0 Å². The number of aryl methyl sites for hydroxylation is 1. The maximum atomic E-state index is 13.2. The van der Waals surface area contributed by atoms with E-state index in [1.54, 1.807) is 0 Å². The van der Waals surface area contributed by atoms with Crippen LogP contribution >= 0.6 is 0 Å². The van der Waals surface area contributed by atoms with Crippen molar-refractivity contribution in [1.82, 2.24) is 0 Å². The summed E-state index contributed by atoms with van der Waals surface area (Å²) < 4.78 is 54.3. The Morgan fingerprint density at radius 1 is 0.880 bits per heavy atom. The molecule has 0 fully saturated rings. The summed E-state index contributed by atoms with van der Waals surface area (Å²) in [4.78, 5) is 33.8. The van der Waals surface area contributed by atoms with Crippen LogP contribution in [0.25, 0.3) is 0 Å². The highest BCUT2D eigenvalue weighted by Gasteiger charge is 2.51. The molecule has 6 nitrogen and oxygen atoms in total. The summed E-state index contributed by atoms with van der Waals surface area (Å²) in [5, 5.41) is 0. The fourth-order valence-electron chi connectivity index (χ4n) is 2.13. The maximum absolute atomic E-state index is 13.2. The van der Waals surface area contributed by atoms with E-state index in [2.05, 4.69) is 0 Å². The van der Waals surface area contributed by atoms with Crippen molar-refractivity contribution in [3.8, 4) is 0 Å². The summed E-state index contributed by atoms with van der Waals surface area (Å²) >= 11 is 0. The topological polar surface area (TPSA) is 78.9 Å². The first-order valence-electron chi connectivity index (χ1n) is 7.27. The molecule has 0 saturated heterocycles. The molecule has 1 aromatic carbocycles. The summed E-state index contributed by atoms with van der Waals surface area (Å²) in [5.41, 5.74) is 0.146. The van der Waals surface area contributed by atoms with E-state index in [4.69, 9.17) is 13.3 Å². The fraction of sp³-hybridized carbons (Fsp3) is 0.400. The Hall–Kier alpha value is -2.36. The molecule has 1 rings (SSSR count). The van der Waals surface area contributed by atoms with Gasteiger partial charge in [0.15, 0.2) is 17.5 Å². The Kier molecular flexibility index (Phi) is 7.16. The van der Waals surface area contributed by atoms with Crippen LogP contribution in [-0.2, 0) is 34.1 Å². The van der Waals surface area contributed by atoms with E-state index in [0.717, 1.165) is 32.9 Å². The van der Waals surface area contributed by atoms with Crippen LogP contribution in [-0.4, -0.2) is 26.7 Å². The quantitative estimate of drug-likeness (QED) is 0.536. The molecule has 0 atom stereocenters. The second-order valence-electron chi connectivity index (χ2n) is 5.19. The van der Waals surface area contributed by atoms with Crippen molar-refractivity contribution in [3.05, 3.63) is 35.1 Å². The first-order valence-corrected chi connectivity index (χ1v) is 9.20. The molecule has 0 N–H and O–H groups in total. The smallest absolute Gasteiger partial charge is 0.455 e. The van der Waals surface area contributed by atoms with Gasteiger partial charge in [0.25, 0.3) is 17.9 Å². The zero-order chi connectivity index (χ0) is 19.2. The van der Waals surface area contributed by atoms with Gasteiger partial charge in [-0.25, -0.2) is 13.2 Å². The highest BCUT2D eigenvalue weighted by Crippen LogP contribution is 2.22. The number of rotatable bonds is 7. The third-order valence-corrected chi connectivity index (χ3v) is 5.65. The highest BCUT2D eigenvalue weighted by molar-refractivity contribution is 6.65. The molecular formula is C15H17F3O6Si. The molecule has 0 unspecified atom stereocenters. The number of carbonyl (C=O) groups is 3. The van der Waals surface area contributed by atoms with Gasteiger partial charge in [-0.1, -0.05) is 0 Å². The molecule has 1 aromatic rings. The SMILES string of the molecule is CC(=O)O[Si](CCCc1cc(F)c(F)c(F)c1)(OC(C)=O)OC(C)=O. The molecule has 0 aliphatic carbocycles. The lowest BCUT2D eigenvalue weighted by Gasteiger charge is -2.26. The first kappa shape index (κ1) is 20.7. The second-order valence-corrected chi connectivity index (χ2v) is 7.67. The molecule has 25 heavy (non-hydrogen) atoms. The summed E-state index contributed by atoms with van der Waals surface area (Å²) in [7, 11) is -3.99. The predicted octanol–water partition coefficient (Wildman–Crippen LogP) is 2.66.